The molecule has 0 radical (unpaired) electrons. The van der Waals surface area contributed by atoms with Crippen LogP contribution in [0.5, 0.6) is 0 Å². The monoisotopic (exact) mass is 254 g/mol. The molecule has 3 nitrogen and oxygen atoms in total. The lowest BCUT2D eigenvalue weighted by molar-refractivity contribution is 0.0929. The van der Waals surface area contributed by atoms with Gasteiger partial charge in [0.2, 0.25) is 0 Å². The van der Waals surface area contributed by atoms with Crippen LogP contribution >= 0.6 is 11.3 Å². The maximum absolute atomic E-state index is 11.9. The topological polar surface area (TPSA) is 55.1 Å². The van der Waals surface area contributed by atoms with Gasteiger partial charge in [-0.2, -0.15) is 0 Å². The first-order valence-corrected chi connectivity index (χ1v) is 6.70. The van der Waals surface area contributed by atoms with Crippen LogP contribution in [0.2, 0.25) is 0 Å². The summed E-state index contributed by atoms with van der Waals surface area (Å²) in [5.74, 6) is 0.501. The van der Waals surface area contributed by atoms with Gasteiger partial charge in [-0.1, -0.05) is 27.7 Å². The summed E-state index contributed by atoms with van der Waals surface area (Å²) in [6.07, 6.45) is 0. The van der Waals surface area contributed by atoms with Crippen LogP contribution in [0.15, 0.2) is 6.07 Å². The molecule has 0 saturated heterocycles. The lowest BCUT2D eigenvalue weighted by Gasteiger charge is -2.29. The molecule has 0 bridgehead atoms. The highest BCUT2D eigenvalue weighted by atomic mass is 32.1. The van der Waals surface area contributed by atoms with E-state index in [2.05, 4.69) is 33.0 Å². The van der Waals surface area contributed by atoms with Crippen molar-refractivity contribution in [1.29, 1.82) is 0 Å². The number of rotatable bonds is 4. The molecule has 4 heteroatoms. The SMILES string of the molecule is Cc1sc(C(=O)NCC(C)(C)C(C)C)cc1N. The predicted octanol–water partition coefficient (Wildman–Crippen LogP) is 3.05. The minimum Gasteiger partial charge on any atom is -0.398 e. The lowest BCUT2D eigenvalue weighted by Crippen LogP contribution is -2.36. The number of nitrogens with two attached hydrogens (primary N) is 1. The van der Waals surface area contributed by atoms with Gasteiger partial charge in [-0.05, 0) is 24.3 Å². The van der Waals surface area contributed by atoms with Gasteiger partial charge in [0, 0.05) is 17.1 Å². The molecule has 0 unspecified atom stereocenters. The van der Waals surface area contributed by atoms with Crippen LogP contribution in [0, 0.1) is 18.3 Å². The second-order valence-corrected chi connectivity index (χ2v) is 6.70. The minimum atomic E-state index is -0.0245. The van der Waals surface area contributed by atoms with Crippen molar-refractivity contribution >= 4 is 22.9 Å². The number of anilines is 1. The number of aryl methyl sites for hydroxylation is 1. The molecule has 17 heavy (non-hydrogen) atoms. The standard InChI is InChI=1S/C13H22N2OS/c1-8(2)13(4,5)7-15-12(16)11-6-10(14)9(3)17-11/h6,8H,7,14H2,1-5H3,(H,15,16). The third kappa shape index (κ3) is 3.46. The Bertz CT molecular complexity index is 388. The highest BCUT2D eigenvalue weighted by molar-refractivity contribution is 7.14. The summed E-state index contributed by atoms with van der Waals surface area (Å²) in [6, 6.07) is 1.75. The van der Waals surface area contributed by atoms with Crippen molar-refractivity contribution < 1.29 is 4.79 Å². The molecule has 0 fully saturated rings. The molecule has 1 amide bonds. The molecule has 0 aliphatic rings. The van der Waals surface area contributed by atoms with Crippen molar-refractivity contribution in [3.63, 3.8) is 0 Å². The van der Waals surface area contributed by atoms with Crippen molar-refractivity contribution in [2.24, 2.45) is 11.3 Å². The molecule has 1 aromatic heterocycles. The highest BCUT2D eigenvalue weighted by Gasteiger charge is 2.23. The molecular weight excluding hydrogens is 232 g/mol. The minimum absolute atomic E-state index is 0.0245. The van der Waals surface area contributed by atoms with Crippen LogP contribution < -0.4 is 11.1 Å². The van der Waals surface area contributed by atoms with Crippen molar-refractivity contribution in [2.75, 3.05) is 12.3 Å². The molecule has 0 aliphatic heterocycles. The number of carbonyl (C=O) groups excluding carboxylic acids is 1. The summed E-state index contributed by atoms with van der Waals surface area (Å²) in [5.41, 5.74) is 6.54. The fraction of sp³-hybridized carbons (Fsp3) is 0.615. The molecule has 1 aromatic rings. The smallest absolute Gasteiger partial charge is 0.261 e. The second kappa shape index (κ2) is 5.08. The predicted molar refractivity (Wildman–Crippen MR) is 74.4 cm³/mol. The molecule has 0 aliphatic carbocycles. The Morgan fingerprint density at radius 3 is 2.53 bits per heavy atom. The number of hydrogen-bond donors (Lipinski definition) is 2. The number of hydrogen-bond acceptors (Lipinski definition) is 3. The molecule has 96 valence electrons. The van der Waals surface area contributed by atoms with Crippen LogP contribution in [0.1, 0.15) is 42.2 Å². The molecule has 0 atom stereocenters. The van der Waals surface area contributed by atoms with Gasteiger partial charge in [-0.15, -0.1) is 11.3 Å². The van der Waals surface area contributed by atoms with Crippen molar-refractivity contribution in [3.8, 4) is 0 Å². The Morgan fingerprint density at radius 1 is 1.53 bits per heavy atom. The van der Waals surface area contributed by atoms with Crippen LogP contribution in [0.4, 0.5) is 5.69 Å². The average Bonchev–Trinajstić information content (AvgIpc) is 2.56. The van der Waals surface area contributed by atoms with Crippen molar-refractivity contribution in [3.05, 3.63) is 15.8 Å². The van der Waals surface area contributed by atoms with Gasteiger partial charge in [0.1, 0.15) is 0 Å². The van der Waals surface area contributed by atoms with Crippen molar-refractivity contribution in [2.45, 2.75) is 34.6 Å². The van der Waals surface area contributed by atoms with E-state index in [4.69, 9.17) is 5.73 Å². The van der Waals surface area contributed by atoms with Gasteiger partial charge in [0.15, 0.2) is 0 Å². The van der Waals surface area contributed by atoms with Crippen LogP contribution in [0.3, 0.4) is 0 Å². The number of amides is 1. The molecule has 0 saturated carbocycles. The van der Waals surface area contributed by atoms with Crippen LogP contribution in [-0.4, -0.2) is 12.5 Å². The lowest BCUT2D eigenvalue weighted by atomic mass is 9.81. The van der Waals surface area contributed by atoms with Gasteiger partial charge in [-0.3, -0.25) is 4.79 Å². The number of nitrogens with one attached hydrogen (secondary N) is 1. The van der Waals surface area contributed by atoms with E-state index in [1.807, 2.05) is 6.92 Å². The summed E-state index contributed by atoms with van der Waals surface area (Å²) >= 11 is 1.44. The summed E-state index contributed by atoms with van der Waals surface area (Å²) in [5, 5.41) is 2.98. The van der Waals surface area contributed by atoms with Gasteiger partial charge in [0.25, 0.3) is 5.91 Å². The number of thiophene rings is 1. The van der Waals surface area contributed by atoms with Gasteiger partial charge >= 0.3 is 0 Å². The Labute approximate surface area is 107 Å². The summed E-state index contributed by atoms with van der Waals surface area (Å²) in [7, 11) is 0. The molecule has 0 aromatic carbocycles. The Kier molecular flexibility index (Phi) is 4.20. The Balaban J connectivity index is 2.62. The average molecular weight is 254 g/mol. The quantitative estimate of drug-likeness (QED) is 0.867. The van der Waals surface area contributed by atoms with E-state index in [1.165, 1.54) is 11.3 Å². The number of carbonyl (C=O) groups is 1. The third-order valence-electron chi connectivity index (χ3n) is 3.45. The maximum Gasteiger partial charge on any atom is 0.261 e. The fourth-order valence-electron chi connectivity index (χ4n) is 1.21. The van der Waals surface area contributed by atoms with Crippen LogP contribution in [-0.2, 0) is 0 Å². The molecule has 3 N–H and O–H groups in total. The maximum atomic E-state index is 11.9. The Hall–Kier alpha value is -1.03. The zero-order valence-electron chi connectivity index (χ0n) is 11.3. The van der Waals surface area contributed by atoms with Crippen molar-refractivity contribution in [1.82, 2.24) is 5.32 Å². The zero-order chi connectivity index (χ0) is 13.2. The fourth-order valence-corrected chi connectivity index (χ4v) is 2.06. The van der Waals surface area contributed by atoms with E-state index in [0.29, 0.717) is 23.0 Å². The molecule has 0 spiro atoms. The molecule has 1 rings (SSSR count). The third-order valence-corrected chi connectivity index (χ3v) is 4.51. The van der Waals surface area contributed by atoms with E-state index in [1.54, 1.807) is 6.07 Å². The van der Waals surface area contributed by atoms with E-state index in [0.717, 1.165) is 4.88 Å². The normalized spacial score (nSPS) is 11.9. The van der Waals surface area contributed by atoms with E-state index < -0.39 is 0 Å². The summed E-state index contributed by atoms with van der Waals surface area (Å²) in [6.45, 7) is 11.3. The van der Waals surface area contributed by atoms with Gasteiger partial charge in [0.05, 0.1) is 4.88 Å². The second-order valence-electron chi connectivity index (χ2n) is 5.45. The van der Waals surface area contributed by atoms with E-state index in [-0.39, 0.29) is 11.3 Å². The van der Waals surface area contributed by atoms with Gasteiger partial charge < -0.3 is 11.1 Å². The van der Waals surface area contributed by atoms with Crippen LogP contribution in [0.25, 0.3) is 0 Å². The summed E-state index contributed by atoms with van der Waals surface area (Å²) < 4.78 is 0. The number of nitrogen functional groups attached to an aromatic ring is 1. The first kappa shape index (κ1) is 14.0. The zero-order valence-corrected chi connectivity index (χ0v) is 12.1. The molecule has 1 heterocycles. The largest absolute Gasteiger partial charge is 0.398 e. The van der Waals surface area contributed by atoms with Gasteiger partial charge in [-0.25, -0.2) is 0 Å². The Morgan fingerprint density at radius 2 is 2.12 bits per heavy atom. The molecular formula is C13H22N2OS. The first-order chi connectivity index (χ1) is 7.74. The van der Waals surface area contributed by atoms with E-state index >= 15 is 0 Å². The highest BCUT2D eigenvalue weighted by Crippen LogP contribution is 2.26. The summed E-state index contributed by atoms with van der Waals surface area (Å²) in [4.78, 5) is 13.6. The van der Waals surface area contributed by atoms with E-state index in [9.17, 15) is 4.79 Å². The first-order valence-electron chi connectivity index (χ1n) is 5.88.